The smallest absolute Gasteiger partial charge is 0.277 e. The molecular formula is C18H17FN2O3S. The zero-order chi connectivity index (χ0) is 17.6. The lowest BCUT2D eigenvalue weighted by atomic mass is 10.1. The molecule has 130 valence electrons. The molecule has 1 heterocycles. The number of hydrogen-bond donors (Lipinski definition) is 0. The maximum absolute atomic E-state index is 12.8. The van der Waals surface area contributed by atoms with E-state index in [1.807, 2.05) is 19.1 Å². The van der Waals surface area contributed by atoms with Gasteiger partial charge in [0.1, 0.15) is 17.3 Å². The maximum Gasteiger partial charge on any atom is 0.277 e. The lowest BCUT2D eigenvalue weighted by molar-refractivity contribution is 0.252. The fourth-order valence-corrected chi connectivity index (χ4v) is 2.95. The SMILES string of the molecule is COc1ccc(C)cc1CSc1nnc(COc2ccc(F)cc2)o1. The van der Waals surface area contributed by atoms with Crippen LogP contribution in [0.5, 0.6) is 11.5 Å². The molecule has 0 atom stereocenters. The minimum atomic E-state index is -0.310. The number of ether oxygens (including phenoxy) is 2. The Labute approximate surface area is 149 Å². The molecule has 0 radical (unpaired) electrons. The van der Waals surface area contributed by atoms with Gasteiger partial charge in [0.25, 0.3) is 11.1 Å². The highest BCUT2D eigenvalue weighted by Crippen LogP contribution is 2.28. The van der Waals surface area contributed by atoms with E-state index < -0.39 is 0 Å². The van der Waals surface area contributed by atoms with Crippen molar-refractivity contribution in [3.05, 3.63) is 65.3 Å². The molecule has 0 aliphatic heterocycles. The number of halogens is 1. The molecule has 0 bridgehead atoms. The van der Waals surface area contributed by atoms with Crippen LogP contribution in [0.15, 0.2) is 52.1 Å². The van der Waals surface area contributed by atoms with Crippen LogP contribution in [0, 0.1) is 12.7 Å². The van der Waals surface area contributed by atoms with Gasteiger partial charge in [-0.05, 0) is 37.3 Å². The van der Waals surface area contributed by atoms with Gasteiger partial charge in [0.05, 0.1) is 7.11 Å². The van der Waals surface area contributed by atoms with Crippen LogP contribution in [0.2, 0.25) is 0 Å². The molecule has 0 aliphatic carbocycles. The molecule has 0 saturated heterocycles. The fourth-order valence-electron chi connectivity index (χ4n) is 2.19. The third kappa shape index (κ3) is 4.73. The molecule has 3 rings (SSSR count). The molecule has 5 nitrogen and oxygen atoms in total. The van der Waals surface area contributed by atoms with Crippen LogP contribution in [0.25, 0.3) is 0 Å². The number of methoxy groups -OCH3 is 1. The average Bonchev–Trinajstić information content (AvgIpc) is 3.07. The minimum Gasteiger partial charge on any atom is -0.496 e. The number of aryl methyl sites for hydroxylation is 1. The largest absolute Gasteiger partial charge is 0.496 e. The maximum atomic E-state index is 12.8. The summed E-state index contributed by atoms with van der Waals surface area (Å²) < 4.78 is 29.3. The van der Waals surface area contributed by atoms with Gasteiger partial charge in [-0.1, -0.05) is 29.5 Å². The van der Waals surface area contributed by atoms with Crippen LogP contribution in [0.3, 0.4) is 0 Å². The lowest BCUT2D eigenvalue weighted by Crippen LogP contribution is -1.95. The van der Waals surface area contributed by atoms with E-state index in [1.54, 1.807) is 19.2 Å². The molecule has 0 unspecified atom stereocenters. The van der Waals surface area contributed by atoms with Crippen molar-refractivity contribution in [3.8, 4) is 11.5 Å². The predicted octanol–water partition coefficient (Wildman–Crippen LogP) is 4.40. The van der Waals surface area contributed by atoms with Gasteiger partial charge in [0.15, 0.2) is 6.61 Å². The zero-order valence-electron chi connectivity index (χ0n) is 13.9. The summed E-state index contributed by atoms with van der Waals surface area (Å²) in [6.45, 7) is 2.16. The first-order valence-corrected chi connectivity index (χ1v) is 8.59. The second kappa shape index (κ2) is 8.02. The summed E-state index contributed by atoms with van der Waals surface area (Å²) in [5, 5.41) is 8.41. The Bertz CT molecular complexity index is 837. The average molecular weight is 360 g/mol. The molecule has 25 heavy (non-hydrogen) atoms. The normalized spacial score (nSPS) is 10.7. The Morgan fingerprint density at radius 3 is 2.68 bits per heavy atom. The number of rotatable bonds is 7. The summed E-state index contributed by atoms with van der Waals surface area (Å²) in [6, 6.07) is 11.8. The summed E-state index contributed by atoms with van der Waals surface area (Å²) in [5.41, 5.74) is 2.23. The number of hydrogen-bond acceptors (Lipinski definition) is 6. The van der Waals surface area contributed by atoms with Gasteiger partial charge in [0.2, 0.25) is 0 Å². The van der Waals surface area contributed by atoms with Crippen molar-refractivity contribution in [2.24, 2.45) is 0 Å². The molecule has 7 heteroatoms. The van der Waals surface area contributed by atoms with Crippen LogP contribution in [0.4, 0.5) is 4.39 Å². The van der Waals surface area contributed by atoms with Crippen molar-refractivity contribution in [3.63, 3.8) is 0 Å². The van der Waals surface area contributed by atoms with Crippen LogP contribution in [0.1, 0.15) is 17.0 Å². The summed E-state index contributed by atoms with van der Waals surface area (Å²) in [7, 11) is 1.65. The standard InChI is InChI=1S/C18H17FN2O3S/c1-12-3-8-16(22-2)13(9-12)11-25-18-21-20-17(24-18)10-23-15-6-4-14(19)5-7-15/h3-9H,10-11H2,1-2H3. The highest BCUT2D eigenvalue weighted by Gasteiger charge is 2.10. The monoisotopic (exact) mass is 360 g/mol. The Kier molecular flexibility index (Phi) is 5.55. The Morgan fingerprint density at radius 2 is 1.92 bits per heavy atom. The highest BCUT2D eigenvalue weighted by atomic mass is 32.2. The zero-order valence-corrected chi connectivity index (χ0v) is 14.7. The topological polar surface area (TPSA) is 57.4 Å². The predicted molar refractivity (Wildman–Crippen MR) is 92.3 cm³/mol. The quantitative estimate of drug-likeness (QED) is 0.582. The van der Waals surface area contributed by atoms with E-state index in [-0.39, 0.29) is 12.4 Å². The minimum absolute atomic E-state index is 0.132. The first kappa shape index (κ1) is 17.3. The van der Waals surface area contributed by atoms with Gasteiger partial charge in [-0.15, -0.1) is 10.2 Å². The van der Waals surface area contributed by atoms with E-state index in [0.717, 1.165) is 16.9 Å². The van der Waals surface area contributed by atoms with E-state index in [9.17, 15) is 4.39 Å². The third-order valence-electron chi connectivity index (χ3n) is 3.41. The van der Waals surface area contributed by atoms with Gasteiger partial charge in [-0.3, -0.25) is 0 Å². The fraction of sp³-hybridized carbons (Fsp3) is 0.222. The molecule has 0 saturated carbocycles. The van der Waals surface area contributed by atoms with Crippen LogP contribution in [-0.4, -0.2) is 17.3 Å². The molecular weight excluding hydrogens is 343 g/mol. The molecule has 2 aromatic carbocycles. The van der Waals surface area contributed by atoms with Crippen molar-refractivity contribution in [2.45, 2.75) is 24.5 Å². The van der Waals surface area contributed by atoms with E-state index in [1.165, 1.54) is 23.9 Å². The van der Waals surface area contributed by atoms with Gasteiger partial charge in [0, 0.05) is 11.3 Å². The van der Waals surface area contributed by atoms with Gasteiger partial charge < -0.3 is 13.9 Å². The Balaban J connectivity index is 1.56. The van der Waals surface area contributed by atoms with E-state index in [0.29, 0.717) is 22.6 Å². The highest BCUT2D eigenvalue weighted by molar-refractivity contribution is 7.98. The van der Waals surface area contributed by atoms with Crippen LogP contribution in [-0.2, 0) is 12.4 Å². The Morgan fingerprint density at radius 1 is 1.12 bits per heavy atom. The first-order chi connectivity index (χ1) is 12.1. The number of nitrogens with zero attached hydrogens (tertiary/aromatic N) is 2. The summed E-state index contributed by atoms with van der Waals surface area (Å²) in [5.74, 6) is 2.08. The van der Waals surface area contributed by atoms with Gasteiger partial charge in [-0.2, -0.15) is 0 Å². The second-order valence-corrected chi connectivity index (χ2v) is 6.23. The molecule has 0 amide bonds. The lowest BCUT2D eigenvalue weighted by Gasteiger charge is -2.07. The Hall–Kier alpha value is -2.54. The summed E-state index contributed by atoms with van der Waals surface area (Å²) in [6.07, 6.45) is 0. The van der Waals surface area contributed by atoms with Crippen molar-refractivity contribution >= 4 is 11.8 Å². The van der Waals surface area contributed by atoms with Crippen molar-refractivity contribution in [1.29, 1.82) is 0 Å². The first-order valence-electron chi connectivity index (χ1n) is 7.61. The third-order valence-corrected chi connectivity index (χ3v) is 4.28. The van der Waals surface area contributed by atoms with E-state index in [2.05, 4.69) is 16.3 Å². The number of benzene rings is 2. The van der Waals surface area contributed by atoms with Gasteiger partial charge >= 0.3 is 0 Å². The molecule has 0 N–H and O–H groups in total. The molecule has 1 aromatic heterocycles. The molecule has 0 aliphatic rings. The summed E-state index contributed by atoms with van der Waals surface area (Å²) in [4.78, 5) is 0. The number of aromatic nitrogens is 2. The van der Waals surface area contributed by atoms with E-state index >= 15 is 0 Å². The van der Waals surface area contributed by atoms with Crippen molar-refractivity contribution < 1.29 is 18.3 Å². The van der Waals surface area contributed by atoms with Crippen molar-refractivity contribution in [2.75, 3.05) is 7.11 Å². The second-order valence-electron chi connectivity index (χ2n) is 5.31. The van der Waals surface area contributed by atoms with Crippen LogP contribution >= 0.6 is 11.8 Å². The molecule has 0 spiro atoms. The molecule has 3 aromatic rings. The van der Waals surface area contributed by atoms with Crippen molar-refractivity contribution in [1.82, 2.24) is 10.2 Å². The molecule has 0 fully saturated rings. The summed E-state index contributed by atoms with van der Waals surface area (Å²) >= 11 is 1.43. The van der Waals surface area contributed by atoms with Crippen LogP contribution < -0.4 is 9.47 Å². The van der Waals surface area contributed by atoms with E-state index in [4.69, 9.17) is 13.9 Å². The number of thioether (sulfide) groups is 1. The van der Waals surface area contributed by atoms with Gasteiger partial charge in [-0.25, -0.2) is 4.39 Å².